The van der Waals surface area contributed by atoms with Crippen LogP contribution in [0.15, 0.2) is 18.2 Å². The number of ether oxygens (including phenoxy) is 1. The van der Waals surface area contributed by atoms with E-state index in [-0.39, 0.29) is 11.4 Å². The molecule has 5 nitrogen and oxygen atoms in total. The smallest absolute Gasteiger partial charge is 0.251 e. The number of benzene rings is 1. The van der Waals surface area contributed by atoms with Crippen molar-refractivity contribution in [2.75, 3.05) is 36.9 Å². The summed E-state index contributed by atoms with van der Waals surface area (Å²) in [7, 11) is 0. The average Bonchev–Trinajstić information content (AvgIpc) is 2.47. The number of rotatable bonds is 2. The van der Waals surface area contributed by atoms with Gasteiger partial charge >= 0.3 is 0 Å². The Balaban J connectivity index is 1.73. The first kappa shape index (κ1) is 13.2. The summed E-state index contributed by atoms with van der Waals surface area (Å²) in [4.78, 5) is 12.4. The number of hydrogen-bond acceptors (Lipinski definition) is 4. The van der Waals surface area contributed by atoms with Gasteiger partial charge in [0, 0.05) is 37.4 Å². The Morgan fingerprint density at radius 1 is 1.20 bits per heavy atom. The van der Waals surface area contributed by atoms with E-state index in [1.54, 1.807) is 0 Å². The Morgan fingerprint density at radius 2 is 1.90 bits per heavy atom. The van der Waals surface area contributed by atoms with Gasteiger partial charge in [-0.05, 0) is 38.0 Å². The van der Waals surface area contributed by atoms with Gasteiger partial charge in [-0.25, -0.2) is 0 Å². The highest BCUT2D eigenvalue weighted by Gasteiger charge is 2.29. The number of carbonyl (C=O) groups is 1. The lowest BCUT2D eigenvalue weighted by Crippen LogP contribution is -2.49. The third-order valence-corrected chi connectivity index (χ3v) is 4.05. The summed E-state index contributed by atoms with van der Waals surface area (Å²) in [5, 5.41) is 9.77. The molecule has 2 aliphatic heterocycles. The van der Waals surface area contributed by atoms with E-state index >= 15 is 0 Å². The van der Waals surface area contributed by atoms with Gasteiger partial charge in [0.15, 0.2) is 0 Å². The van der Waals surface area contributed by atoms with Gasteiger partial charge in [0.2, 0.25) is 0 Å². The van der Waals surface area contributed by atoms with E-state index in [1.165, 1.54) is 0 Å². The molecule has 0 aromatic heterocycles. The standard InChI is InChI=1S/C15H21N3O2/c1-15(4-8-20-9-5-15)18-14(19)11-2-3-12-13(10-11)17-7-6-16-12/h2-3,10,16-17H,4-9H2,1H3,(H,18,19). The number of anilines is 2. The topological polar surface area (TPSA) is 62.4 Å². The minimum absolute atomic E-state index is 0.00965. The van der Waals surface area contributed by atoms with Crippen molar-refractivity contribution in [2.24, 2.45) is 0 Å². The Morgan fingerprint density at radius 3 is 2.65 bits per heavy atom. The molecule has 1 aromatic rings. The van der Waals surface area contributed by atoms with Crippen LogP contribution >= 0.6 is 0 Å². The van der Waals surface area contributed by atoms with Gasteiger partial charge in [0.1, 0.15) is 0 Å². The fourth-order valence-electron chi connectivity index (χ4n) is 2.67. The predicted molar refractivity (Wildman–Crippen MR) is 79.3 cm³/mol. The molecule has 1 fully saturated rings. The van der Waals surface area contributed by atoms with Crippen molar-refractivity contribution in [3.05, 3.63) is 23.8 Å². The first-order valence-electron chi connectivity index (χ1n) is 7.18. The Labute approximate surface area is 119 Å². The zero-order chi connectivity index (χ0) is 14.0. The highest BCUT2D eigenvalue weighted by molar-refractivity contribution is 5.97. The van der Waals surface area contributed by atoms with Gasteiger partial charge in [0.25, 0.3) is 5.91 Å². The Kier molecular flexibility index (Phi) is 3.53. The SMILES string of the molecule is CC1(NC(=O)c2ccc3c(c2)NCCN3)CCOCC1. The second kappa shape index (κ2) is 5.32. The first-order chi connectivity index (χ1) is 9.66. The van der Waals surface area contributed by atoms with E-state index < -0.39 is 0 Å². The molecule has 0 saturated carbocycles. The summed E-state index contributed by atoms with van der Waals surface area (Å²) in [6, 6.07) is 5.75. The van der Waals surface area contributed by atoms with Crippen LogP contribution in [0.1, 0.15) is 30.1 Å². The molecule has 0 bridgehead atoms. The molecule has 108 valence electrons. The summed E-state index contributed by atoms with van der Waals surface area (Å²) in [5.41, 5.74) is 2.61. The van der Waals surface area contributed by atoms with Crippen molar-refractivity contribution in [1.82, 2.24) is 5.32 Å². The van der Waals surface area contributed by atoms with Gasteiger partial charge in [-0.3, -0.25) is 4.79 Å². The fraction of sp³-hybridized carbons (Fsp3) is 0.533. The molecule has 1 amide bonds. The number of amides is 1. The van der Waals surface area contributed by atoms with Crippen LogP contribution in [0, 0.1) is 0 Å². The van der Waals surface area contributed by atoms with Crippen molar-refractivity contribution in [2.45, 2.75) is 25.3 Å². The molecule has 2 aliphatic rings. The van der Waals surface area contributed by atoms with Crippen molar-refractivity contribution in [3.8, 4) is 0 Å². The molecule has 2 heterocycles. The van der Waals surface area contributed by atoms with Crippen molar-refractivity contribution >= 4 is 17.3 Å². The molecule has 3 N–H and O–H groups in total. The predicted octanol–water partition coefficient (Wildman–Crippen LogP) is 1.82. The minimum atomic E-state index is -0.156. The normalized spacial score (nSPS) is 20.2. The van der Waals surface area contributed by atoms with Crippen molar-refractivity contribution in [1.29, 1.82) is 0 Å². The lowest BCUT2D eigenvalue weighted by atomic mass is 9.92. The molecular weight excluding hydrogens is 254 g/mol. The third kappa shape index (κ3) is 2.72. The first-order valence-corrected chi connectivity index (χ1v) is 7.18. The van der Waals surface area contributed by atoms with Gasteiger partial charge in [-0.15, -0.1) is 0 Å². The summed E-state index contributed by atoms with van der Waals surface area (Å²) < 4.78 is 5.36. The second-order valence-electron chi connectivity index (χ2n) is 5.74. The van der Waals surface area contributed by atoms with E-state index in [2.05, 4.69) is 22.9 Å². The van der Waals surface area contributed by atoms with Crippen LogP contribution in [0.3, 0.4) is 0 Å². The zero-order valence-electron chi connectivity index (χ0n) is 11.8. The van der Waals surface area contributed by atoms with Crippen molar-refractivity contribution < 1.29 is 9.53 Å². The lowest BCUT2D eigenvalue weighted by Gasteiger charge is -2.34. The van der Waals surface area contributed by atoms with Gasteiger partial charge in [-0.1, -0.05) is 0 Å². The number of nitrogens with one attached hydrogen (secondary N) is 3. The van der Waals surface area contributed by atoms with Crippen LogP contribution in [-0.2, 0) is 4.74 Å². The van der Waals surface area contributed by atoms with Crippen molar-refractivity contribution in [3.63, 3.8) is 0 Å². The molecule has 5 heteroatoms. The van der Waals surface area contributed by atoms with Gasteiger partial charge < -0.3 is 20.7 Å². The largest absolute Gasteiger partial charge is 0.382 e. The maximum Gasteiger partial charge on any atom is 0.251 e. The number of hydrogen-bond donors (Lipinski definition) is 3. The van der Waals surface area contributed by atoms with Crippen LogP contribution in [0.25, 0.3) is 0 Å². The average molecular weight is 275 g/mol. The van der Waals surface area contributed by atoms with Crippen LogP contribution in [0.4, 0.5) is 11.4 Å². The molecule has 0 aliphatic carbocycles. The minimum Gasteiger partial charge on any atom is -0.382 e. The second-order valence-corrected chi connectivity index (χ2v) is 5.74. The summed E-state index contributed by atoms with van der Waals surface area (Å²) >= 11 is 0. The summed E-state index contributed by atoms with van der Waals surface area (Å²) in [6.07, 6.45) is 1.73. The maximum absolute atomic E-state index is 12.4. The molecule has 0 unspecified atom stereocenters. The number of fused-ring (bicyclic) bond motifs is 1. The quantitative estimate of drug-likeness (QED) is 0.770. The molecular formula is C15H21N3O2. The molecule has 1 saturated heterocycles. The highest BCUT2D eigenvalue weighted by atomic mass is 16.5. The highest BCUT2D eigenvalue weighted by Crippen LogP contribution is 2.26. The van der Waals surface area contributed by atoms with Gasteiger partial charge in [-0.2, -0.15) is 0 Å². The van der Waals surface area contributed by atoms with E-state index in [0.717, 1.165) is 37.3 Å². The monoisotopic (exact) mass is 275 g/mol. The summed E-state index contributed by atoms with van der Waals surface area (Å²) in [6.45, 7) is 5.31. The van der Waals surface area contributed by atoms with Crippen LogP contribution < -0.4 is 16.0 Å². The molecule has 20 heavy (non-hydrogen) atoms. The third-order valence-electron chi connectivity index (χ3n) is 4.05. The van der Waals surface area contributed by atoms with Crippen LogP contribution in [-0.4, -0.2) is 37.7 Å². The maximum atomic E-state index is 12.4. The lowest BCUT2D eigenvalue weighted by molar-refractivity contribution is 0.0423. The number of carbonyl (C=O) groups excluding carboxylic acids is 1. The zero-order valence-corrected chi connectivity index (χ0v) is 11.8. The van der Waals surface area contributed by atoms with E-state index in [1.807, 2.05) is 18.2 Å². The van der Waals surface area contributed by atoms with Crippen LogP contribution in [0.2, 0.25) is 0 Å². The van der Waals surface area contributed by atoms with Gasteiger partial charge in [0.05, 0.1) is 11.4 Å². The van der Waals surface area contributed by atoms with E-state index in [9.17, 15) is 4.79 Å². The molecule has 1 aromatic carbocycles. The fourth-order valence-corrected chi connectivity index (χ4v) is 2.67. The molecule has 0 spiro atoms. The molecule has 0 radical (unpaired) electrons. The van der Waals surface area contributed by atoms with E-state index in [0.29, 0.717) is 18.8 Å². The Bertz CT molecular complexity index is 510. The van der Waals surface area contributed by atoms with E-state index in [4.69, 9.17) is 4.74 Å². The molecule has 0 atom stereocenters. The summed E-state index contributed by atoms with van der Waals surface area (Å²) in [5.74, 6) is -0.00965. The van der Waals surface area contributed by atoms with Crippen LogP contribution in [0.5, 0.6) is 0 Å². The Hall–Kier alpha value is -1.75. The molecule has 3 rings (SSSR count).